The van der Waals surface area contributed by atoms with Crippen LogP contribution in [0.15, 0.2) is 12.7 Å². The second-order valence-electron chi connectivity index (χ2n) is 3.58. The van der Waals surface area contributed by atoms with E-state index in [9.17, 15) is 0 Å². The smallest absolute Gasteiger partial charge is 1.00 e. The first-order valence-corrected chi connectivity index (χ1v) is 5.24. The van der Waals surface area contributed by atoms with E-state index in [1.54, 1.807) is 6.33 Å². The number of unbranched alkanes of at least 4 members (excludes halogenated alkanes) is 2. The molecule has 6 heteroatoms. The third kappa shape index (κ3) is 3.01. The fourth-order valence-corrected chi connectivity index (χ4v) is 1.59. The third-order valence-electron chi connectivity index (χ3n) is 2.43. The average molecular weight is 245 g/mol. The van der Waals surface area contributed by atoms with Crippen molar-refractivity contribution in [3.05, 3.63) is 12.7 Å². The molecular formula is C10H16KN5. The second kappa shape index (κ2) is 6.66. The van der Waals surface area contributed by atoms with E-state index in [4.69, 9.17) is 5.73 Å². The average Bonchev–Trinajstić information content (AvgIpc) is 2.64. The summed E-state index contributed by atoms with van der Waals surface area (Å²) in [4.78, 5) is 12.3. The van der Waals surface area contributed by atoms with E-state index in [1.807, 2.05) is 4.57 Å². The summed E-state index contributed by atoms with van der Waals surface area (Å²) in [6, 6.07) is 0. The SMILES string of the molecule is CCCCCn1cnc2c(N)ncnc21.[H-].[K+]. The van der Waals surface area contributed by atoms with Crippen molar-refractivity contribution in [1.82, 2.24) is 19.5 Å². The fourth-order valence-electron chi connectivity index (χ4n) is 1.59. The summed E-state index contributed by atoms with van der Waals surface area (Å²) < 4.78 is 2.03. The van der Waals surface area contributed by atoms with Crippen molar-refractivity contribution in [3.63, 3.8) is 0 Å². The summed E-state index contributed by atoms with van der Waals surface area (Å²) in [6.45, 7) is 3.13. The maximum absolute atomic E-state index is 5.70. The molecule has 0 fully saturated rings. The minimum Gasteiger partial charge on any atom is -1.00 e. The van der Waals surface area contributed by atoms with Crippen LogP contribution in [0.2, 0.25) is 0 Å². The van der Waals surface area contributed by atoms with Crippen molar-refractivity contribution in [2.24, 2.45) is 0 Å². The minimum atomic E-state index is 0. The molecule has 2 aromatic heterocycles. The van der Waals surface area contributed by atoms with Crippen LogP contribution < -0.4 is 57.1 Å². The summed E-state index contributed by atoms with van der Waals surface area (Å²) in [6.07, 6.45) is 6.84. The van der Waals surface area contributed by atoms with Crippen molar-refractivity contribution in [1.29, 1.82) is 0 Å². The first-order valence-electron chi connectivity index (χ1n) is 5.24. The number of nitrogen functional groups attached to an aromatic ring is 1. The van der Waals surface area contributed by atoms with Gasteiger partial charge in [0.15, 0.2) is 11.5 Å². The van der Waals surface area contributed by atoms with Crippen molar-refractivity contribution in [2.75, 3.05) is 5.73 Å². The molecule has 16 heavy (non-hydrogen) atoms. The van der Waals surface area contributed by atoms with Crippen LogP contribution in [0.5, 0.6) is 0 Å². The zero-order chi connectivity index (χ0) is 10.7. The number of imidazole rings is 1. The van der Waals surface area contributed by atoms with E-state index >= 15 is 0 Å². The quantitative estimate of drug-likeness (QED) is 0.538. The number of fused-ring (bicyclic) bond motifs is 1. The molecule has 0 aliphatic rings. The Morgan fingerprint density at radius 2 is 2.12 bits per heavy atom. The molecule has 2 aromatic rings. The predicted octanol–water partition coefficient (Wildman–Crippen LogP) is -1.28. The van der Waals surface area contributed by atoms with Gasteiger partial charge in [-0.3, -0.25) is 0 Å². The van der Waals surface area contributed by atoms with Gasteiger partial charge in [0, 0.05) is 6.54 Å². The molecule has 0 unspecified atom stereocenters. The maximum Gasteiger partial charge on any atom is 1.00 e. The Labute approximate surface area is 139 Å². The Kier molecular flexibility index (Phi) is 5.84. The van der Waals surface area contributed by atoms with Gasteiger partial charge in [-0.2, -0.15) is 0 Å². The Balaban J connectivity index is 0.00000128. The first kappa shape index (κ1) is 14.0. The fraction of sp³-hybridized carbons (Fsp3) is 0.500. The molecule has 0 aliphatic carbocycles. The number of nitrogens with zero attached hydrogens (tertiary/aromatic N) is 4. The molecule has 0 spiro atoms. The van der Waals surface area contributed by atoms with Gasteiger partial charge >= 0.3 is 51.4 Å². The summed E-state index contributed by atoms with van der Waals surface area (Å²) in [5.74, 6) is 0.453. The van der Waals surface area contributed by atoms with Crippen LogP contribution in [0.25, 0.3) is 11.2 Å². The monoisotopic (exact) mass is 245 g/mol. The van der Waals surface area contributed by atoms with Gasteiger partial charge in [-0.1, -0.05) is 19.8 Å². The number of rotatable bonds is 4. The number of hydrogen-bond acceptors (Lipinski definition) is 4. The van der Waals surface area contributed by atoms with Crippen molar-refractivity contribution >= 4 is 17.0 Å². The van der Waals surface area contributed by atoms with Crippen LogP contribution in [-0.4, -0.2) is 19.5 Å². The molecule has 0 bridgehead atoms. The zero-order valence-electron chi connectivity index (χ0n) is 10.8. The molecule has 0 saturated heterocycles. The Bertz CT molecular complexity index is 459. The van der Waals surface area contributed by atoms with E-state index in [0.717, 1.165) is 18.6 Å². The normalized spacial score (nSPS) is 10.3. The van der Waals surface area contributed by atoms with E-state index in [0.29, 0.717) is 11.3 Å². The van der Waals surface area contributed by atoms with Crippen LogP contribution in [0, 0.1) is 0 Å². The van der Waals surface area contributed by atoms with Gasteiger partial charge in [-0.05, 0) is 6.42 Å². The molecule has 0 aromatic carbocycles. The van der Waals surface area contributed by atoms with Crippen LogP contribution in [0.1, 0.15) is 27.6 Å². The Morgan fingerprint density at radius 3 is 2.88 bits per heavy atom. The van der Waals surface area contributed by atoms with Gasteiger partial charge in [0.1, 0.15) is 11.8 Å². The molecule has 2 N–H and O–H groups in total. The maximum atomic E-state index is 5.70. The summed E-state index contributed by atoms with van der Waals surface area (Å²) in [5, 5.41) is 0. The van der Waals surface area contributed by atoms with E-state index < -0.39 is 0 Å². The number of aromatic nitrogens is 4. The molecule has 0 radical (unpaired) electrons. The largest absolute Gasteiger partial charge is 1.00 e. The molecule has 0 amide bonds. The van der Waals surface area contributed by atoms with Gasteiger partial charge in [0.25, 0.3) is 0 Å². The third-order valence-corrected chi connectivity index (χ3v) is 2.43. The molecular weight excluding hydrogens is 229 g/mol. The summed E-state index contributed by atoms with van der Waals surface area (Å²) >= 11 is 0. The van der Waals surface area contributed by atoms with Gasteiger partial charge in [0.05, 0.1) is 6.33 Å². The molecule has 82 valence electrons. The van der Waals surface area contributed by atoms with Gasteiger partial charge in [-0.25, -0.2) is 15.0 Å². The number of aryl methyl sites for hydroxylation is 1. The first-order chi connectivity index (χ1) is 7.33. The van der Waals surface area contributed by atoms with E-state index in [1.165, 1.54) is 19.2 Å². The predicted molar refractivity (Wildman–Crippen MR) is 60.4 cm³/mol. The van der Waals surface area contributed by atoms with Crippen molar-refractivity contribution in [2.45, 2.75) is 32.7 Å². The van der Waals surface area contributed by atoms with Crippen LogP contribution in [0.3, 0.4) is 0 Å². The number of anilines is 1. The summed E-state index contributed by atoms with van der Waals surface area (Å²) in [5.41, 5.74) is 7.23. The second-order valence-corrected chi connectivity index (χ2v) is 3.58. The minimum absolute atomic E-state index is 0. The molecule has 5 nitrogen and oxygen atoms in total. The molecule has 2 heterocycles. The van der Waals surface area contributed by atoms with Crippen LogP contribution in [0.4, 0.5) is 5.82 Å². The molecule has 0 aliphatic heterocycles. The van der Waals surface area contributed by atoms with Crippen molar-refractivity contribution in [3.8, 4) is 0 Å². The van der Waals surface area contributed by atoms with Gasteiger partial charge in [-0.15, -0.1) is 0 Å². The zero-order valence-corrected chi connectivity index (χ0v) is 13.0. The van der Waals surface area contributed by atoms with Gasteiger partial charge in [0.2, 0.25) is 0 Å². The molecule has 0 saturated carbocycles. The van der Waals surface area contributed by atoms with E-state index in [2.05, 4.69) is 21.9 Å². The molecule has 2 rings (SSSR count). The van der Waals surface area contributed by atoms with Gasteiger partial charge < -0.3 is 11.7 Å². The van der Waals surface area contributed by atoms with Crippen LogP contribution in [-0.2, 0) is 6.54 Å². The number of hydrogen-bond donors (Lipinski definition) is 1. The summed E-state index contributed by atoms with van der Waals surface area (Å²) in [7, 11) is 0. The Morgan fingerprint density at radius 1 is 1.31 bits per heavy atom. The van der Waals surface area contributed by atoms with Crippen LogP contribution >= 0.6 is 0 Å². The Hall–Kier alpha value is -0.0136. The van der Waals surface area contributed by atoms with Crippen molar-refractivity contribution < 1.29 is 52.8 Å². The molecule has 0 atom stereocenters. The standard InChI is InChI=1S/C10H15N5.K.H/c1-2-3-4-5-15-7-14-8-9(11)12-6-13-10(8)15;;/h6-7H,2-5H2,1H3,(H2,11,12,13);;/q;+1;-1. The number of nitrogens with two attached hydrogens (primary N) is 1. The van der Waals surface area contributed by atoms with E-state index in [-0.39, 0.29) is 52.8 Å². The topological polar surface area (TPSA) is 69.6 Å².